The van der Waals surface area contributed by atoms with Crippen molar-refractivity contribution in [3.8, 4) is 45.8 Å². The fourth-order valence-electron chi connectivity index (χ4n) is 3.27. The SMILES string of the molecule is CCCCOc1ccc(-c2nc(Br)nc(-c3ccc(OCCCC)cc3OCCCC)n2)c(O)c1. The minimum absolute atomic E-state index is 0.0436. The molecule has 0 atom stereocenters. The molecule has 1 N–H and O–H groups in total. The summed E-state index contributed by atoms with van der Waals surface area (Å²) in [5.41, 5.74) is 1.22. The number of benzene rings is 2. The van der Waals surface area contributed by atoms with Gasteiger partial charge in [0.2, 0.25) is 4.73 Å². The molecule has 2 aromatic carbocycles. The van der Waals surface area contributed by atoms with Gasteiger partial charge in [-0.2, -0.15) is 0 Å². The summed E-state index contributed by atoms with van der Waals surface area (Å²) < 4.78 is 18.0. The fraction of sp³-hybridized carbons (Fsp3) is 0.444. The monoisotopic (exact) mass is 543 g/mol. The summed E-state index contributed by atoms with van der Waals surface area (Å²) in [4.78, 5) is 13.5. The topological polar surface area (TPSA) is 86.6 Å². The van der Waals surface area contributed by atoms with Crippen LogP contribution in [0.4, 0.5) is 0 Å². The number of unbranched alkanes of at least 4 members (excludes halogenated alkanes) is 3. The van der Waals surface area contributed by atoms with Gasteiger partial charge in [-0.3, -0.25) is 0 Å². The summed E-state index contributed by atoms with van der Waals surface area (Å²) in [6, 6.07) is 10.8. The maximum Gasteiger partial charge on any atom is 0.200 e. The number of halogens is 1. The Balaban J connectivity index is 1.93. The van der Waals surface area contributed by atoms with Crippen LogP contribution in [-0.2, 0) is 0 Å². The van der Waals surface area contributed by atoms with E-state index in [0.717, 1.165) is 49.8 Å². The van der Waals surface area contributed by atoms with E-state index in [1.807, 2.05) is 24.3 Å². The van der Waals surface area contributed by atoms with Gasteiger partial charge in [-0.1, -0.05) is 40.0 Å². The van der Waals surface area contributed by atoms with Gasteiger partial charge in [0.15, 0.2) is 11.6 Å². The molecule has 0 radical (unpaired) electrons. The van der Waals surface area contributed by atoms with E-state index in [9.17, 15) is 5.11 Å². The molecular weight excluding hydrogens is 510 g/mol. The summed E-state index contributed by atoms with van der Waals surface area (Å²) in [6.07, 6.45) is 6.02. The molecule has 0 saturated heterocycles. The van der Waals surface area contributed by atoms with Crippen molar-refractivity contribution in [3.63, 3.8) is 0 Å². The average Bonchev–Trinajstić information content (AvgIpc) is 2.84. The lowest BCUT2D eigenvalue weighted by Crippen LogP contribution is -2.03. The predicted octanol–water partition coefficient (Wildman–Crippen LogP) is 7.21. The normalized spacial score (nSPS) is 10.9. The summed E-state index contributed by atoms with van der Waals surface area (Å²) >= 11 is 3.40. The second-order valence-corrected chi connectivity index (χ2v) is 8.90. The second kappa shape index (κ2) is 13.9. The number of aromatic nitrogens is 3. The van der Waals surface area contributed by atoms with Crippen LogP contribution in [0.5, 0.6) is 23.0 Å². The molecule has 3 aromatic rings. The molecule has 3 rings (SSSR count). The third-order valence-corrected chi connectivity index (χ3v) is 5.66. The molecule has 7 nitrogen and oxygen atoms in total. The maximum atomic E-state index is 10.7. The lowest BCUT2D eigenvalue weighted by atomic mass is 10.1. The van der Waals surface area contributed by atoms with E-state index in [1.165, 1.54) is 0 Å². The molecule has 0 spiro atoms. The number of phenols is 1. The minimum Gasteiger partial charge on any atom is -0.507 e. The molecule has 0 saturated carbocycles. The third-order valence-electron chi connectivity index (χ3n) is 5.30. The van der Waals surface area contributed by atoms with Crippen molar-refractivity contribution < 1.29 is 19.3 Å². The Labute approximate surface area is 216 Å². The zero-order valence-electron chi connectivity index (χ0n) is 20.7. The molecule has 35 heavy (non-hydrogen) atoms. The van der Waals surface area contributed by atoms with Crippen LogP contribution in [0.3, 0.4) is 0 Å². The van der Waals surface area contributed by atoms with Gasteiger partial charge in [-0.15, -0.1) is 0 Å². The first-order valence-corrected chi connectivity index (χ1v) is 13.1. The van der Waals surface area contributed by atoms with Gasteiger partial charge in [0.1, 0.15) is 23.0 Å². The van der Waals surface area contributed by atoms with Crippen molar-refractivity contribution in [1.82, 2.24) is 15.0 Å². The lowest BCUT2D eigenvalue weighted by Gasteiger charge is -2.14. The zero-order valence-corrected chi connectivity index (χ0v) is 22.3. The van der Waals surface area contributed by atoms with Gasteiger partial charge >= 0.3 is 0 Å². The number of aromatic hydroxyl groups is 1. The van der Waals surface area contributed by atoms with Crippen LogP contribution in [0.15, 0.2) is 41.1 Å². The number of hydrogen-bond acceptors (Lipinski definition) is 7. The molecule has 0 unspecified atom stereocenters. The molecule has 0 aliphatic rings. The van der Waals surface area contributed by atoms with Crippen molar-refractivity contribution in [3.05, 3.63) is 41.1 Å². The Bertz CT molecular complexity index is 1090. The summed E-state index contributed by atoms with van der Waals surface area (Å²) in [7, 11) is 0. The van der Waals surface area contributed by atoms with E-state index in [4.69, 9.17) is 14.2 Å². The smallest absolute Gasteiger partial charge is 0.200 e. The molecule has 1 aromatic heterocycles. The van der Waals surface area contributed by atoms with Gasteiger partial charge in [-0.25, -0.2) is 15.0 Å². The molecule has 0 aliphatic carbocycles. The Morgan fingerprint density at radius 3 is 1.77 bits per heavy atom. The van der Waals surface area contributed by atoms with Gasteiger partial charge in [-0.05, 0) is 59.5 Å². The summed E-state index contributed by atoms with van der Waals surface area (Å²) in [5.74, 6) is 2.85. The van der Waals surface area contributed by atoms with Crippen LogP contribution in [0.1, 0.15) is 59.3 Å². The third kappa shape index (κ3) is 7.82. The molecule has 0 amide bonds. The van der Waals surface area contributed by atoms with E-state index in [1.54, 1.807) is 12.1 Å². The summed E-state index contributed by atoms with van der Waals surface area (Å²) in [6.45, 7) is 8.21. The number of nitrogens with zero attached hydrogens (tertiary/aromatic N) is 3. The van der Waals surface area contributed by atoms with E-state index in [0.29, 0.717) is 53.3 Å². The number of rotatable bonds is 14. The first-order valence-electron chi connectivity index (χ1n) is 12.3. The van der Waals surface area contributed by atoms with Gasteiger partial charge < -0.3 is 19.3 Å². The predicted molar refractivity (Wildman–Crippen MR) is 141 cm³/mol. The van der Waals surface area contributed by atoms with Crippen LogP contribution < -0.4 is 14.2 Å². The molecule has 8 heteroatoms. The van der Waals surface area contributed by atoms with Crippen LogP contribution in [0, 0.1) is 0 Å². The van der Waals surface area contributed by atoms with Crippen LogP contribution in [0.25, 0.3) is 22.8 Å². The van der Waals surface area contributed by atoms with Gasteiger partial charge in [0, 0.05) is 12.1 Å². The van der Waals surface area contributed by atoms with E-state index in [-0.39, 0.29) is 5.75 Å². The van der Waals surface area contributed by atoms with Crippen LogP contribution >= 0.6 is 15.9 Å². The van der Waals surface area contributed by atoms with Crippen LogP contribution in [0.2, 0.25) is 0 Å². The van der Waals surface area contributed by atoms with Crippen molar-refractivity contribution in [2.75, 3.05) is 19.8 Å². The Morgan fingerprint density at radius 1 is 0.686 bits per heavy atom. The van der Waals surface area contributed by atoms with Crippen molar-refractivity contribution >= 4 is 15.9 Å². The lowest BCUT2D eigenvalue weighted by molar-refractivity contribution is 0.295. The molecule has 0 fully saturated rings. The van der Waals surface area contributed by atoms with Crippen LogP contribution in [-0.4, -0.2) is 39.9 Å². The average molecular weight is 544 g/mol. The molecular formula is C27H34BrN3O4. The molecule has 0 aliphatic heterocycles. The van der Waals surface area contributed by atoms with Gasteiger partial charge in [0.05, 0.1) is 30.9 Å². The highest BCUT2D eigenvalue weighted by molar-refractivity contribution is 9.10. The molecule has 1 heterocycles. The largest absolute Gasteiger partial charge is 0.507 e. The highest BCUT2D eigenvalue weighted by Crippen LogP contribution is 2.35. The number of phenolic OH excluding ortho intramolecular Hbond substituents is 1. The van der Waals surface area contributed by atoms with E-state index < -0.39 is 0 Å². The fourth-order valence-corrected chi connectivity index (χ4v) is 3.61. The highest BCUT2D eigenvalue weighted by Gasteiger charge is 2.17. The number of ether oxygens (including phenoxy) is 3. The second-order valence-electron chi connectivity index (χ2n) is 8.19. The van der Waals surface area contributed by atoms with E-state index in [2.05, 4.69) is 51.7 Å². The molecule has 0 bridgehead atoms. The Kier molecular flexibility index (Phi) is 10.6. The van der Waals surface area contributed by atoms with Crippen molar-refractivity contribution in [1.29, 1.82) is 0 Å². The van der Waals surface area contributed by atoms with E-state index >= 15 is 0 Å². The zero-order chi connectivity index (χ0) is 25.0. The van der Waals surface area contributed by atoms with Gasteiger partial charge in [0.25, 0.3) is 0 Å². The molecule has 188 valence electrons. The maximum absolute atomic E-state index is 10.7. The Hall–Kier alpha value is -2.87. The number of hydrogen-bond donors (Lipinski definition) is 1. The summed E-state index contributed by atoms with van der Waals surface area (Å²) in [5, 5.41) is 10.7. The first kappa shape index (κ1) is 26.7. The minimum atomic E-state index is 0.0436. The van der Waals surface area contributed by atoms with Crippen molar-refractivity contribution in [2.45, 2.75) is 59.3 Å². The standard InChI is InChI=1S/C27H34BrN3O4/c1-4-7-14-33-19-10-12-21(23(32)17-19)25-29-26(31-27(28)30-25)22-13-11-20(34-15-8-5-2)18-24(22)35-16-9-6-3/h10-13,17-18,32H,4-9,14-16H2,1-3H3. The Morgan fingerprint density at radius 2 is 1.20 bits per heavy atom. The van der Waals surface area contributed by atoms with Crippen molar-refractivity contribution in [2.24, 2.45) is 0 Å². The quantitative estimate of drug-likeness (QED) is 0.215. The highest BCUT2D eigenvalue weighted by atomic mass is 79.9. The first-order chi connectivity index (χ1) is 17.0.